The molecule has 0 aromatic carbocycles. The molecular weight excluding hydrogens is 232 g/mol. The smallest absolute Gasteiger partial charge is 0.252 e. The maximum Gasteiger partial charge on any atom is 0.252 e. The van der Waals surface area contributed by atoms with E-state index in [2.05, 4.69) is 17.0 Å². The lowest BCUT2D eigenvalue weighted by Crippen LogP contribution is -2.15. The monoisotopic (exact) mass is 248 g/mol. The van der Waals surface area contributed by atoms with Gasteiger partial charge < -0.3 is 10.5 Å². The molecule has 2 aromatic heterocycles. The highest BCUT2D eigenvalue weighted by atomic mass is 16.5. The van der Waals surface area contributed by atoms with E-state index in [1.807, 2.05) is 0 Å². The fourth-order valence-corrected chi connectivity index (χ4v) is 1.66. The zero-order valence-corrected chi connectivity index (χ0v) is 10.5. The van der Waals surface area contributed by atoms with E-state index in [1.165, 1.54) is 6.20 Å². The molecule has 6 heteroatoms. The van der Waals surface area contributed by atoms with Gasteiger partial charge >= 0.3 is 0 Å². The van der Waals surface area contributed by atoms with Crippen LogP contribution in [0.1, 0.15) is 35.8 Å². The summed E-state index contributed by atoms with van der Waals surface area (Å²) in [6.45, 7) is 4.50. The van der Waals surface area contributed by atoms with Gasteiger partial charge in [-0.3, -0.25) is 4.79 Å². The van der Waals surface area contributed by atoms with Crippen molar-refractivity contribution in [3.8, 4) is 5.88 Å². The van der Waals surface area contributed by atoms with Gasteiger partial charge in [-0.1, -0.05) is 13.3 Å². The van der Waals surface area contributed by atoms with Gasteiger partial charge in [0.2, 0.25) is 5.88 Å². The summed E-state index contributed by atoms with van der Waals surface area (Å²) in [5.41, 5.74) is 6.93. The summed E-state index contributed by atoms with van der Waals surface area (Å²) in [5, 5.41) is 4.25. The molecule has 2 aromatic rings. The molecule has 0 aliphatic heterocycles. The first-order valence-electron chi connectivity index (χ1n) is 5.91. The predicted octanol–water partition coefficient (Wildman–Crippen LogP) is 1.32. The van der Waals surface area contributed by atoms with Crippen molar-refractivity contribution in [2.45, 2.75) is 26.7 Å². The number of nitrogens with two attached hydrogens (primary N) is 1. The summed E-state index contributed by atoms with van der Waals surface area (Å²) in [6.07, 6.45) is 3.51. The highest BCUT2D eigenvalue weighted by Crippen LogP contribution is 2.15. The second-order valence-corrected chi connectivity index (χ2v) is 4.08. The van der Waals surface area contributed by atoms with E-state index in [9.17, 15) is 4.79 Å². The molecular formula is C12H16N4O2. The Balaban J connectivity index is 2.33. The maximum absolute atomic E-state index is 11.2. The number of aromatic nitrogens is 3. The van der Waals surface area contributed by atoms with Crippen molar-refractivity contribution in [1.29, 1.82) is 0 Å². The van der Waals surface area contributed by atoms with Crippen LogP contribution in [0, 0.1) is 6.92 Å². The number of hydrogen-bond acceptors (Lipinski definition) is 4. The van der Waals surface area contributed by atoms with Crippen molar-refractivity contribution in [3.63, 3.8) is 0 Å². The summed E-state index contributed by atoms with van der Waals surface area (Å²) < 4.78 is 7.07. The average molecular weight is 248 g/mol. The van der Waals surface area contributed by atoms with Gasteiger partial charge in [0, 0.05) is 12.3 Å². The Kier molecular flexibility index (Phi) is 3.45. The molecule has 0 saturated carbocycles. The first-order chi connectivity index (χ1) is 8.63. The number of carbonyl (C=O) groups excluding carboxylic acids is 1. The van der Waals surface area contributed by atoms with Crippen LogP contribution in [0.5, 0.6) is 5.88 Å². The van der Waals surface area contributed by atoms with Gasteiger partial charge in [-0.15, -0.1) is 5.10 Å². The Morgan fingerprint density at radius 1 is 1.56 bits per heavy atom. The van der Waals surface area contributed by atoms with Gasteiger partial charge in [-0.05, 0) is 13.3 Å². The number of ether oxygens (including phenoxy) is 1. The second-order valence-electron chi connectivity index (χ2n) is 4.08. The van der Waals surface area contributed by atoms with E-state index in [0.29, 0.717) is 29.4 Å². The third-order valence-corrected chi connectivity index (χ3v) is 2.71. The fraction of sp³-hybridized carbons (Fsp3) is 0.417. The molecule has 0 bridgehead atoms. The molecule has 1 amide bonds. The number of aryl methyl sites for hydroxylation is 1. The molecule has 18 heavy (non-hydrogen) atoms. The van der Waals surface area contributed by atoms with Crippen LogP contribution < -0.4 is 10.5 Å². The Bertz CT molecular complexity index is 577. The molecule has 0 fully saturated rings. The average Bonchev–Trinajstić information content (AvgIpc) is 2.73. The van der Waals surface area contributed by atoms with Crippen LogP contribution in [0.4, 0.5) is 0 Å². The number of nitrogens with zero attached hydrogens (tertiary/aromatic N) is 3. The lowest BCUT2D eigenvalue weighted by molar-refractivity contribution is 0.0998. The van der Waals surface area contributed by atoms with Gasteiger partial charge in [-0.25, -0.2) is 9.50 Å². The van der Waals surface area contributed by atoms with E-state index in [4.69, 9.17) is 10.5 Å². The van der Waals surface area contributed by atoms with Crippen LogP contribution >= 0.6 is 0 Å². The Hall–Kier alpha value is -2.11. The second kappa shape index (κ2) is 5.03. The zero-order valence-electron chi connectivity index (χ0n) is 10.5. The zero-order chi connectivity index (χ0) is 13.1. The molecule has 2 N–H and O–H groups in total. The number of carbonyl (C=O) groups is 1. The summed E-state index contributed by atoms with van der Waals surface area (Å²) in [5.74, 6) is 0.00604. The normalized spacial score (nSPS) is 10.8. The fourth-order valence-electron chi connectivity index (χ4n) is 1.66. The third kappa shape index (κ3) is 2.27. The summed E-state index contributed by atoms with van der Waals surface area (Å²) in [7, 11) is 0. The largest absolute Gasteiger partial charge is 0.477 e. The number of amides is 1. The molecule has 0 saturated heterocycles. The molecule has 96 valence electrons. The van der Waals surface area contributed by atoms with E-state index >= 15 is 0 Å². The van der Waals surface area contributed by atoms with Crippen molar-refractivity contribution >= 4 is 11.6 Å². The SMILES string of the molecule is CCCCOc1cc2ncc(C(N)=O)c(C)n2n1. The molecule has 0 aliphatic rings. The Morgan fingerprint density at radius 3 is 3.00 bits per heavy atom. The number of hydrogen-bond donors (Lipinski definition) is 1. The predicted molar refractivity (Wildman–Crippen MR) is 66.6 cm³/mol. The van der Waals surface area contributed by atoms with E-state index in [0.717, 1.165) is 12.8 Å². The van der Waals surface area contributed by atoms with Crippen LogP contribution in [-0.2, 0) is 0 Å². The standard InChI is InChI=1S/C12H16N4O2/c1-3-4-5-18-11-6-10-14-7-9(12(13)17)8(2)16(10)15-11/h6-7H,3-5H2,1-2H3,(H2,13,17). The van der Waals surface area contributed by atoms with Gasteiger partial charge in [0.1, 0.15) is 0 Å². The first-order valence-corrected chi connectivity index (χ1v) is 5.91. The molecule has 2 heterocycles. The van der Waals surface area contributed by atoms with E-state index < -0.39 is 5.91 Å². The summed E-state index contributed by atoms with van der Waals surface area (Å²) >= 11 is 0. The molecule has 2 rings (SSSR count). The van der Waals surface area contributed by atoms with Crippen LogP contribution in [-0.4, -0.2) is 27.1 Å². The van der Waals surface area contributed by atoms with Crippen molar-refractivity contribution in [1.82, 2.24) is 14.6 Å². The maximum atomic E-state index is 11.2. The number of fused-ring (bicyclic) bond motifs is 1. The molecule has 0 atom stereocenters. The number of primary amides is 1. The number of unbranched alkanes of at least 4 members (excludes halogenated alkanes) is 1. The Labute approximate surface area is 105 Å². The van der Waals surface area contributed by atoms with Gasteiger partial charge in [0.05, 0.1) is 17.9 Å². The highest BCUT2D eigenvalue weighted by molar-refractivity contribution is 5.93. The van der Waals surface area contributed by atoms with Crippen LogP contribution in [0.2, 0.25) is 0 Å². The Morgan fingerprint density at radius 2 is 2.33 bits per heavy atom. The first kappa shape index (κ1) is 12.3. The molecule has 0 spiro atoms. The number of rotatable bonds is 5. The van der Waals surface area contributed by atoms with Crippen LogP contribution in [0.3, 0.4) is 0 Å². The summed E-state index contributed by atoms with van der Waals surface area (Å²) in [4.78, 5) is 15.3. The molecule has 0 unspecified atom stereocenters. The van der Waals surface area contributed by atoms with Crippen molar-refractivity contribution in [2.24, 2.45) is 5.73 Å². The lowest BCUT2D eigenvalue weighted by atomic mass is 10.2. The quantitative estimate of drug-likeness (QED) is 0.809. The van der Waals surface area contributed by atoms with Gasteiger partial charge in [-0.2, -0.15) is 0 Å². The van der Waals surface area contributed by atoms with Crippen molar-refractivity contribution in [2.75, 3.05) is 6.61 Å². The molecule has 0 aliphatic carbocycles. The van der Waals surface area contributed by atoms with Crippen molar-refractivity contribution < 1.29 is 9.53 Å². The molecule has 6 nitrogen and oxygen atoms in total. The van der Waals surface area contributed by atoms with E-state index in [-0.39, 0.29) is 0 Å². The lowest BCUT2D eigenvalue weighted by Gasteiger charge is -2.02. The molecule has 0 radical (unpaired) electrons. The minimum Gasteiger partial charge on any atom is -0.477 e. The van der Waals surface area contributed by atoms with Crippen LogP contribution in [0.25, 0.3) is 5.65 Å². The minimum atomic E-state index is -0.508. The minimum absolute atomic E-state index is 0.366. The third-order valence-electron chi connectivity index (χ3n) is 2.71. The van der Waals surface area contributed by atoms with Crippen molar-refractivity contribution in [3.05, 3.63) is 23.5 Å². The highest BCUT2D eigenvalue weighted by Gasteiger charge is 2.12. The van der Waals surface area contributed by atoms with Gasteiger partial charge in [0.25, 0.3) is 5.91 Å². The van der Waals surface area contributed by atoms with E-state index in [1.54, 1.807) is 17.5 Å². The summed E-state index contributed by atoms with van der Waals surface area (Å²) in [6, 6.07) is 1.74. The van der Waals surface area contributed by atoms with Crippen LogP contribution in [0.15, 0.2) is 12.3 Å². The van der Waals surface area contributed by atoms with Gasteiger partial charge in [0.15, 0.2) is 5.65 Å². The topological polar surface area (TPSA) is 82.5 Å².